The van der Waals surface area contributed by atoms with Crippen molar-refractivity contribution in [2.24, 2.45) is 0 Å². The summed E-state index contributed by atoms with van der Waals surface area (Å²) in [5.74, 6) is 0. The first-order chi connectivity index (χ1) is 6.41. The maximum Gasteiger partial charge on any atom is 0.0466 e. The molecular weight excluding hydrogens is 184 g/mol. The number of ether oxygens (including phenoxy) is 1. The highest BCUT2D eigenvalue weighted by Gasteiger charge is 1.88. The molecule has 0 atom stereocenters. The summed E-state index contributed by atoms with van der Waals surface area (Å²) in [4.78, 5) is 0. The van der Waals surface area contributed by atoms with Crippen molar-refractivity contribution >= 4 is 11.6 Å². The molecule has 0 saturated heterocycles. The van der Waals surface area contributed by atoms with Gasteiger partial charge >= 0.3 is 0 Å². The van der Waals surface area contributed by atoms with E-state index in [1.54, 1.807) is 0 Å². The predicted molar refractivity (Wildman–Crippen MR) is 61.6 cm³/mol. The molecule has 0 heterocycles. The average molecular weight is 209 g/mol. The first-order valence-electron chi connectivity index (χ1n) is 5.37. The van der Waals surface area contributed by atoms with Crippen LogP contribution in [-0.2, 0) is 4.74 Å². The molecule has 13 heavy (non-hydrogen) atoms. The third kappa shape index (κ3) is 18.9. The Morgan fingerprint density at radius 1 is 0.769 bits per heavy atom. The molecule has 0 rings (SSSR count). The molecule has 0 aromatic heterocycles. The van der Waals surface area contributed by atoms with E-state index in [4.69, 9.17) is 4.74 Å². The molecule has 0 spiro atoms. The van der Waals surface area contributed by atoms with Crippen molar-refractivity contribution in [1.82, 2.24) is 0 Å². The lowest BCUT2D eigenvalue weighted by Crippen LogP contribution is -1.96. The van der Waals surface area contributed by atoms with Gasteiger partial charge in [-0.15, -0.1) is 11.6 Å². The Bertz CT molecular complexity index is 59.1. The normalized spacial score (nSPS) is 9.23. The molecule has 0 bridgehead atoms. The first kappa shape index (κ1) is 15.7. The van der Waals surface area contributed by atoms with Gasteiger partial charge in [0, 0.05) is 19.6 Å². The Labute approximate surface area is 88.8 Å². The molecule has 0 aromatic rings. The van der Waals surface area contributed by atoms with Gasteiger partial charge in [-0.25, -0.2) is 0 Å². The number of halogens is 1. The molecule has 0 amide bonds. The van der Waals surface area contributed by atoms with Crippen LogP contribution in [0.1, 0.15) is 52.4 Å². The molecule has 0 aliphatic carbocycles. The van der Waals surface area contributed by atoms with Gasteiger partial charge in [0.05, 0.1) is 0 Å². The van der Waals surface area contributed by atoms with Crippen molar-refractivity contribution in [3.05, 3.63) is 0 Å². The van der Waals surface area contributed by atoms with Crippen LogP contribution in [0.5, 0.6) is 0 Å². The Morgan fingerprint density at radius 2 is 1.15 bits per heavy atom. The predicted octanol–water partition coefficient (Wildman–Crippen LogP) is 4.24. The van der Waals surface area contributed by atoms with Crippen molar-refractivity contribution in [2.75, 3.05) is 19.6 Å². The van der Waals surface area contributed by atoms with Crippen LogP contribution < -0.4 is 0 Å². The van der Waals surface area contributed by atoms with Gasteiger partial charge in [-0.05, 0) is 12.8 Å². The van der Waals surface area contributed by atoms with Gasteiger partial charge in [-0.1, -0.05) is 39.5 Å². The summed E-state index contributed by atoms with van der Waals surface area (Å²) in [5.41, 5.74) is 0. The third-order valence-electron chi connectivity index (χ3n) is 1.78. The Hall–Kier alpha value is 0.250. The fraction of sp³-hybridized carbons (Fsp3) is 1.00. The van der Waals surface area contributed by atoms with Crippen LogP contribution >= 0.6 is 11.6 Å². The number of alkyl halides is 1. The van der Waals surface area contributed by atoms with E-state index < -0.39 is 0 Å². The zero-order chi connectivity index (χ0) is 10.4. The topological polar surface area (TPSA) is 9.23 Å². The lowest BCUT2D eigenvalue weighted by atomic mass is 10.2. The van der Waals surface area contributed by atoms with Crippen molar-refractivity contribution in [1.29, 1.82) is 0 Å². The lowest BCUT2D eigenvalue weighted by Gasteiger charge is -2.01. The molecule has 0 aliphatic rings. The van der Waals surface area contributed by atoms with E-state index in [0.717, 1.165) is 13.2 Å². The van der Waals surface area contributed by atoms with E-state index in [1.807, 2.05) is 0 Å². The van der Waals surface area contributed by atoms with E-state index in [1.165, 1.54) is 44.9 Å². The molecule has 2 heteroatoms. The van der Waals surface area contributed by atoms with E-state index in [9.17, 15) is 0 Å². The molecule has 0 aliphatic heterocycles. The summed E-state index contributed by atoms with van der Waals surface area (Å²) in [6.45, 7) is 6.38. The van der Waals surface area contributed by atoms with Crippen molar-refractivity contribution in [2.45, 2.75) is 52.4 Å². The molecule has 0 unspecified atom stereocenters. The van der Waals surface area contributed by atoms with E-state index in [2.05, 4.69) is 25.4 Å². The Balaban J connectivity index is 0. The number of unbranched alkanes of at least 4 members (excludes halogenated alkanes) is 4. The first-order valence-corrected chi connectivity index (χ1v) is 6.13. The Kier molecular flexibility index (Phi) is 21.9. The van der Waals surface area contributed by atoms with Crippen molar-refractivity contribution < 1.29 is 4.74 Å². The molecule has 0 saturated carbocycles. The monoisotopic (exact) mass is 208 g/mol. The van der Waals surface area contributed by atoms with Gasteiger partial charge in [-0.3, -0.25) is 0 Å². The minimum Gasteiger partial charge on any atom is -0.381 e. The van der Waals surface area contributed by atoms with Crippen LogP contribution in [0, 0.1) is 0 Å². The zero-order valence-corrected chi connectivity index (χ0v) is 10.2. The zero-order valence-electron chi connectivity index (χ0n) is 9.44. The van der Waals surface area contributed by atoms with Gasteiger partial charge in [-0.2, -0.15) is 0 Å². The summed E-state index contributed by atoms with van der Waals surface area (Å²) in [5, 5.41) is 0. The number of rotatable bonds is 8. The summed E-state index contributed by atoms with van der Waals surface area (Å²) in [6.07, 6.45) is 9.16. The second-order valence-corrected chi connectivity index (χ2v) is 3.03. The minimum atomic E-state index is 0.970. The van der Waals surface area contributed by atoms with Crippen LogP contribution in [0.2, 0.25) is 0 Å². The molecule has 0 aromatic carbocycles. The van der Waals surface area contributed by atoms with Gasteiger partial charge in [0.25, 0.3) is 0 Å². The second-order valence-electron chi connectivity index (χ2n) is 3.03. The lowest BCUT2D eigenvalue weighted by molar-refractivity contribution is 0.126. The van der Waals surface area contributed by atoms with Crippen molar-refractivity contribution in [3.8, 4) is 0 Å². The van der Waals surface area contributed by atoms with Gasteiger partial charge in [0.1, 0.15) is 0 Å². The van der Waals surface area contributed by atoms with Gasteiger partial charge in [0.15, 0.2) is 0 Å². The molecule has 0 radical (unpaired) electrons. The molecule has 0 N–H and O–H groups in total. The average Bonchev–Trinajstić information content (AvgIpc) is 2.20. The summed E-state index contributed by atoms with van der Waals surface area (Å²) in [7, 11) is 0. The number of hydrogen-bond acceptors (Lipinski definition) is 1. The van der Waals surface area contributed by atoms with Crippen LogP contribution in [0.3, 0.4) is 0 Å². The quantitative estimate of drug-likeness (QED) is 0.428. The standard InChI is InChI=1S/C10H22O.CH3Cl/c1-3-5-7-9-11-10-8-6-4-2;1-2/h3-10H2,1-2H3;1H3. The van der Waals surface area contributed by atoms with E-state index in [0.29, 0.717) is 0 Å². The Morgan fingerprint density at radius 3 is 1.46 bits per heavy atom. The second kappa shape index (κ2) is 18.1. The van der Waals surface area contributed by atoms with Gasteiger partial charge < -0.3 is 4.74 Å². The molecular formula is C11H25ClO. The fourth-order valence-corrected chi connectivity index (χ4v) is 1.01. The van der Waals surface area contributed by atoms with E-state index >= 15 is 0 Å². The fourth-order valence-electron chi connectivity index (χ4n) is 1.01. The van der Waals surface area contributed by atoms with Crippen molar-refractivity contribution in [3.63, 3.8) is 0 Å². The van der Waals surface area contributed by atoms with Crippen LogP contribution in [-0.4, -0.2) is 19.6 Å². The maximum atomic E-state index is 5.44. The highest BCUT2D eigenvalue weighted by Crippen LogP contribution is 1.97. The van der Waals surface area contributed by atoms with Gasteiger partial charge in [0.2, 0.25) is 0 Å². The SMILES string of the molecule is CCCCCOCCCCC.CCl. The molecule has 1 nitrogen and oxygen atoms in total. The number of hydrogen-bond donors (Lipinski definition) is 0. The third-order valence-corrected chi connectivity index (χ3v) is 1.78. The van der Waals surface area contributed by atoms with Crippen LogP contribution in [0.15, 0.2) is 0 Å². The summed E-state index contributed by atoms with van der Waals surface area (Å²) < 4.78 is 5.44. The van der Waals surface area contributed by atoms with E-state index in [-0.39, 0.29) is 0 Å². The summed E-state index contributed by atoms with van der Waals surface area (Å²) in [6, 6.07) is 0. The highest BCUT2D eigenvalue weighted by molar-refractivity contribution is 6.15. The smallest absolute Gasteiger partial charge is 0.0466 e. The molecule has 0 fully saturated rings. The molecule has 82 valence electrons. The van der Waals surface area contributed by atoms with Crippen LogP contribution in [0.25, 0.3) is 0 Å². The maximum absolute atomic E-state index is 5.44. The largest absolute Gasteiger partial charge is 0.381 e. The minimum absolute atomic E-state index is 0.970. The highest BCUT2D eigenvalue weighted by atomic mass is 35.5. The van der Waals surface area contributed by atoms with Crippen LogP contribution in [0.4, 0.5) is 0 Å². The summed E-state index contributed by atoms with van der Waals surface area (Å²) >= 11 is 4.64.